The highest BCUT2D eigenvalue weighted by Crippen LogP contribution is 2.16. The van der Waals surface area contributed by atoms with E-state index in [2.05, 4.69) is 17.4 Å². The van der Waals surface area contributed by atoms with E-state index in [1.165, 1.54) is 9.75 Å². The summed E-state index contributed by atoms with van der Waals surface area (Å²) in [4.78, 5) is 2.51. The Bertz CT molecular complexity index is 273. The van der Waals surface area contributed by atoms with Crippen LogP contribution in [-0.4, -0.2) is 19.0 Å². The van der Waals surface area contributed by atoms with Crippen LogP contribution in [0.25, 0.3) is 0 Å². The fourth-order valence-electron chi connectivity index (χ4n) is 1.26. The van der Waals surface area contributed by atoms with Crippen molar-refractivity contribution in [1.29, 1.82) is 0 Å². The lowest BCUT2D eigenvalue weighted by Gasteiger charge is -2.11. The molecule has 0 fully saturated rings. The highest BCUT2D eigenvalue weighted by molar-refractivity contribution is 7.11. The monoisotopic (exact) mass is 219 g/mol. The van der Waals surface area contributed by atoms with E-state index in [1.54, 1.807) is 11.3 Å². The molecule has 0 saturated heterocycles. The molecule has 1 N–H and O–H groups in total. The number of hydrogen-bond acceptors (Lipinski definition) is 2. The van der Waals surface area contributed by atoms with Gasteiger partial charge in [0.2, 0.25) is 0 Å². The van der Waals surface area contributed by atoms with Gasteiger partial charge < -0.3 is 5.32 Å². The topological polar surface area (TPSA) is 12.0 Å². The number of hydrogen-bond donors (Lipinski definition) is 1. The van der Waals surface area contributed by atoms with Crippen LogP contribution in [0.4, 0.5) is 8.78 Å². The molecule has 0 aliphatic heterocycles. The standard InChI is InChI=1S/C10H15F2NS/c1-7(13-6-10(11)12)5-9-4-3-8(2)14-9/h3-4,7,10,13H,5-6H2,1-2H3. The summed E-state index contributed by atoms with van der Waals surface area (Å²) in [5, 5.41) is 2.80. The third-order valence-electron chi connectivity index (χ3n) is 1.92. The minimum absolute atomic E-state index is 0.113. The molecule has 0 radical (unpaired) electrons. The Balaban J connectivity index is 2.30. The SMILES string of the molecule is Cc1ccc(CC(C)NCC(F)F)s1. The van der Waals surface area contributed by atoms with Gasteiger partial charge in [-0.3, -0.25) is 0 Å². The molecule has 1 aromatic heterocycles. The van der Waals surface area contributed by atoms with Crippen molar-refractivity contribution in [3.63, 3.8) is 0 Å². The third kappa shape index (κ3) is 4.15. The van der Waals surface area contributed by atoms with E-state index < -0.39 is 6.43 Å². The van der Waals surface area contributed by atoms with Crippen LogP contribution < -0.4 is 5.32 Å². The summed E-state index contributed by atoms with van der Waals surface area (Å²) in [6, 6.07) is 4.22. The second-order valence-corrected chi connectivity index (χ2v) is 4.79. The molecular weight excluding hydrogens is 204 g/mol. The van der Waals surface area contributed by atoms with Crippen LogP contribution in [0.2, 0.25) is 0 Å². The van der Waals surface area contributed by atoms with Crippen LogP contribution in [0.1, 0.15) is 16.7 Å². The van der Waals surface area contributed by atoms with Gasteiger partial charge in [0.25, 0.3) is 6.43 Å². The van der Waals surface area contributed by atoms with Crippen LogP contribution >= 0.6 is 11.3 Å². The minimum atomic E-state index is -2.26. The Labute approximate surface area is 87.1 Å². The molecule has 4 heteroatoms. The summed E-state index contributed by atoms with van der Waals surface area (Å²) < 4.78 is 23.8. The van der Waals surface area contributed by atoms with Gasteiger partial charge in [-0.15, -0.1) is 11.3 Å². The van der Waals surface area contributed by atoms with Gasteiger partial charge >= 0.3 is 0 Å². The van der Waals surface area contributed by atoms with Gasteiger partial charge in [0.1, 0.15) is 0 Å². The average Bonchev–Trinajstić information content (AvgIpc) is 2.48. The molecule has 0 amide bonds. The van der Waals surface area contributed by atoms with E-state index in [1.807, 2.05) is 13.8 Å². The second-order valence-electron chi connectivity index (χ2n) is 3.42. The zero-order valence-corrected chi connectivity index (χ0v) is 9.20. The first-order valence-electron chi connectivity index (χ1n) is 4.64. The molecule has 0 bridgehead atoms. The molecule has 1 heterocycles. The summed E-state index contributed by atoms with van der Waals surface area (Å²) in [6.07, 6.45) is -1.44. The molecule has 1 rings (SSSR count). The fourth-order valence-corrected chi connectivity index (χ4v) is 2.28. The van der Waals surface area contributed by atoms with Crippen molar-refractivity contribution < 1.29 is 8.78 Å². The lowest BCUT2D eigenvalue weighted by molar-refractivity contribution is 0.142. The Morgan fingerprint density at radius 1 is 1.43 bits per heavy atom. The predicted molar refractivity (Wildman–Crippen MR) is 56.2 cm³/mol. The molecule has 80 valence electrons. The van der Waals surface area contributed by atoms with E-state index in [-0.39, 0.29) is 12.6 Å². The maximum atomic E-state index is 11.9. The molecule has 0 aromatic carbocycles. The maximum Gasteiger partial charge on any atom is 0.250 e. The molecule has 1 unspecified atom stereocenters. The largest absolute Gasteiger partial charge is 0.309 e. The first kappa shape index (κ1) is 11.6. The Hall–Kier alpha value is -0.480. The van der Waals surface area contributed by atoms with Gasteiger partial charge in [-0.2, -0.15) is 0 Å². The van der Waals surface area contributed by atoms with Crippen molar-refractivity contribution in [3.05, 3.63) is 21.9 Å². The van der Waals surface area contributed by atoms with Crippen molar-refractivity contribution in [1.82, 2.24) is 5.32 Å². The zero-order chi connectivity index (χ0) is 10.6. The van der Waals surface area contributed by atoms with Gasteiger partial charge in [-0.1, -0.05) is 0 Å². The number of thiophene rings is 1. The molecule has 0 saturated carbocycles. The maximum absolute atomic E-state index is 11.9. The number of halogens is 2. The van der Waals surface area contributed by atoms with Crippen molar-refractivity contribution in [2.24, 2.45) is 0 Å². The molecule has 1 nitrogen and oxygen atoms in total. The quantitative estimate of drug-likeness (QED) is 0.803. The second kappa shape index (κ2) is 5.41. The minimum Gasteiger partial charge on any atom is -0.309 e. The smallest absolute Gasteiger partial charge is 0.250 e. The first-order valence-corrected chi connectivity index (χ1v) is 5.46. The van der Waals surface area contributed by atoms with Crippen LogP contribution in [0.5, 0.6) is 0 Å². The van der Waals surface area contributed by atoms with Gasteiger partial charge in [-0.05, 0) is 32.4 Å². The molecule has 0 aliphatic rings. The van der Waals surface area contributed by atoms with Crippen molar-refractivity contribution in [2.75, 3.05) is 6.54 Å². The van der Waals surface area contributed by atoms with Gasteiger partial charge in [0.05, 0.1) is 6.54 Å². The number of nitrogens with one attached hydrogen (secondary N) is 1. The van der Waals surface area contributed by atoms with Crippen LogP contribution in [-0.2, 0) is 6.42 Å². The Kier molecular flexibility index (Phi) is 4.48. The Morgan fingerprint density at radius 2 is 2.14 bits per heavy atom. The first-order chi connectivity index (χ1) is 6.58. The van der Waals surface area contributed by atoms with Crippen molar-refractivity contribution >= 4 is 11.3 Å². The van der Waals surface area contributed by atoms with Crippen molar-refractivity contribution in [3.8, 4) is 0 Å². The lowest BCUT2D eigenvalue weighted by Crippen LogP contribution is -2.31. The summed E-state index contributed by atoms with van der Waals surface area (Å²) in [5.74, 6) is 0. The normalized spacial score (nSPS) is 13.5. The van der Waals surface area contributed by atoms with Gasteiger partial charge in [0.15, 0.2) is 0 Å². The van der Waals surface area contributed by atoms with Crippen LogP contribution in [0.15, 0.2) is 12.1 Å². The number of rotatable bonds is 5. The average molecular weight is 219 g/mol. The van der Waals surface area contributed by atoms with Gasteiger partial charge in [0, 0.05) is 15.8 Å². The highest BCUT2D eigenvalue weighted by atomic mass is 32.1. The fraction of sp³-hybridized carbons (Fsp3) is 0.600. The summed E-state index contributed by atoms with van der Waals surface area (Å²) in [7, 11) is 0. The molecule has 1 aromatic rings. The predicted octanol–water partition coefficient (Wildman–Crippen LogP) is 2.84. The molecular formula is C10H15F2NS. The van der Waals surface area contributed by atoms with Gasteiger partial charge in [-0.25, -0.2) is 8.78 Å². The third-order valence-corrected chi connectivity index (χ3v) is 2.95. The van der Waals surface area contributed by atoms with Crippen LogP contribution in [0, 0.1) is 6.92 Å². The molecule has 0 spiro atoms. The lowest BCUT2D eigenvalue weighted by atomic mass is 10.2. The molecule has 14 heavy (non-hydrogen) atoms. The number of aryl methyl sites for hydroxylation is 1. The summed E-state index contributed by atoms with van der Waals surface area (Å²) in [5.41, 5.74) is 0. The van der Waals surface area contributed by atoms with E-state index in [0.29, 0.717) is 0 Å². The summed E-state index contributed by atoms with van der Waals surface area (Å²) in [6.45, 7) is 3.76. The number of alkyl halides is 2. The molecule has 1 atom stereocenters. The van der Waals surface area contributed by atoms with Crippen LogP contribution in [0.3, 0.4) is 0 Å². The summed E-state index contributed by atoms with van der Waals surface area (Å²) >= 11 is 1.72. The van der Waals surface area contributed by atoms with E-state index in [9.17, 15) is 8.78 Å². The van der Waals surface area contributed by atoms with E-state index >= 15 is 0 Å². The van der Waals surface area contributed by atoms with E-state index in [0.717, 1.165) is 6.42 Å². The van der Waals surface area contributed by atoms with Crippen molar-refractivity contribution in [2.45, 2.75) is 32.7 Å². The van der Waals surface area contributed by atoms with E-state index in [4.69, 9.17) is 0 Å². The molecule has 0 aliphatic carbocycles. The Morgan fingerprint density at radius 3 is 2.64 bits per heavy atom. The highest BCUT2D eigenvalue weighted by Gasteiger charge is 2.07. The zero-order valence-electron chi connectivity index (χ0n) is 8.39.